The normalized spacial score (nSPS) is 19.9. The fourth-order valence-electron chi connectivity index (χ4n) is 2.67. The molecule has 3 rings (SSSR count). The quantitative estimate of drug-likeness (QED) is 0.797. The Labute approximate surface area is 111 Å². The lowest BCUT2D eigenvalue weighted by Gasteiger charge is -2.25. The SMILES string of the molecule is Cc1nnc2c(N3CCCC3CCCl)nccn12. The van der Waals surface area contributed by atoms with Crippen LogP contribution in [0.25, 0.3) is 5.65 Å². The molecule has 2 aromatic heterocycles. The van der Waals surface area contributed by atoms with Gasteiger partial charge in [-0.15, -0.1) is 21.8 Å². The number of fused-ring (bicyclic) bond motifs is 1. The van der Waals surface area contributed by atoms with Gasteiger partial charge < -0.3 is 4.90 Å². The van der Waals surface area contributed by atoms with E-state index in [4.69, 9.17) is 11.6 Å². The molecule has 1 saturated heterocycles. The predicted molar refractivity (Wildman–Crippen MR) is 71.2 cm³/mol. The van der Waals surface area contributed by atoms with E-state index in [2.05, 4.69) is 20.1 Å². The minimum atomic E-state index is 0.484. The van der Waals surface area contributed by atoms with Crippen LogP contribution in [0.5, 0.6) is 0 Å². The van der Waals surface area contributed by atoms with Crippen molar-refractivity contribution in [2.45, 2.75) is 32.2 Å². The zero-order valence-corrected chi connectivity index (χ0v) is 11.1. The van der Waals surface area contributed by atoms with Gasteiger partial charge in [-0.1, -0.05) is 0 Å². The Morgan fingerprint density at radius 1 is 1.44 bits per heavy atom. The third-order valence-electron chi connectivity index (χ3n) is 3.57. The Bertz CT molecular complexity index is 552. The van der Waals surface area contributed by atoms with Crippen molar-refractivity contribution in [1.29, 1.82) is 0 Å². The van der Waals surface area contributed by atoms with Gasteiger partial charge in [0.05, 0.1) is 0 Å². The molecule has 0 aromatic carbocycles. The second-order valence-electron chi connectivity index (χ2n) is 4.66. The molecular formula is C12H16ClN5. The summed E-state index contributed by atoms with van der Waals surface area (Å²) in [4.78, 5) is 6.82. The summed E-state index contributed by atoms with van der Waals surface area (Å²) in [6, 6.07) is 0.484. The molecule has 6 heteroatoms. The molecule has 0 amide bonds. The molecule has 0 radical (unpaired) electrons. The molecular weight excluding hydrogens is 250 g/mol. The van der Waals surface area contributed by atoms with Gasteiger partial charge in [0, 0.05) is 30.9 Å². The molecule has 5 nitrogen and oxygen atoms in total. The highest BCUT2D eigenvalue weighted by Gasteiger charge is 2.27. The lowest BCUT2D eigenvalue weighted by molar-refractivity contribution is 0.644. The Balaban J connectivity index is 2.03. The van der Waals surface area contributed by atoms with Crippen molar-refractivity contribution >= 4 is 23.1 Å². The number of anilines is 1. The van der Waals surface area contributed by atoms with Gasteiger partial charge in [0.15, 0.2) is 5.82 Å². The fourth-order valence-corrected chi connectivity index (χ4v) is 2.92. The first-order chi connectivity index (χ1) is 8.81. The molecule has 1 aliphatic heterocycles. The van der Waals surface area contributed by atoms with Crippen LogP contribution >= 0.6 is 11.6 Å². The summed E-state index contributed by atoms with van der Waals surface area (Å²) >= 11 is 5.88. The third kappa shape index (κ3) is 1.82. The van der Waals surface area contributed by atoms with Crippen molar-refractivity contribution in [3.8, 4) is 0 Å². The van der Waals surface area contributed by atoms with Gasteiger partial charge >= 0.3 is 0 Å². The summed E-state index contributed by atoms with van der Waals surface area (Å²) in [7, 11) is 0. The van der Waals surface area contributed by atoms with Crippen LogP contribution in [0.2, 0.25) is 0 Å². The van der Waals surface area contributed by atoms with Crippen LogP contribution < -0.4 is 4.90 Å². The van der Waals surface area contributed by atoms with E-state index in [9.17, 15) is 0 Å². The number of alkyl halides is 1. The van der Waals surface area contributed by atoms with E-state index in [1.165, 1.54) is 12.8 Å². The minimum Gasteiger partial charge on any atom is -0.350 e. The molecule has 18 heavy (non-hydrogen) atoms. The van der Waals surface area contributed by atoms with Crippen LogP contribution in [0.4, 0.5) is 5.82 Å². The van der Waals surface area contributed by atoms with Crippen molar-refractivity contribution in [3.05, 3.63) is 18.2 Å². The molecule has 0 saturated carbocycles. The van der Waals surface area contributed by atoms with Gasteiger partial charge in [-0.05, 0) is 26.2 Å². The number of nitrogens with zero attached hydrogens (tertiary/aromatic N) is 5. The summed E-state index contributed by atoms with van der Waals surface area (Å²) in [5, 5.41) is 8.35. The average Bonchev–Trinajstić information content (AvgIpc) is 2.98. The van der Waals surface area contributed by atoms with E-state index in [1.54, 1.807) is 0 Å². The molecule has 96 valence electrons. The largest absolute Gasteiger partial charge is 0.350 e. The number of hydrogen-bond acceptors (Lipinski definition) is 4. The van der Waals surface area contributed by atoms with Crippen LogP contribution in [-0.4, -0.2) is 38.0 Å². The van der Waals surface area contributed by atoms with Crippen molar-refractivity contribution < 1.29 is 0 Å². The second-order valence-corrected chi connectivity index (χ2v) is 5.04. The third-order valence-corrected chi connectivity index (χ3v) is 3.79. The number of halogens is 1. The first kappa shape index (κ1) is 11.7. The number of aryl methyl sites for hydroxylation is 1. The molecule has 1 atom stereocenters. The van der Waals surface area contributed by atoms with Crippen LogP contribution in [0.15, 0.2) is 12.4 Å². The van der Waals surface area contributed by atoms with Gasteiger partial charge in [-0.2, -0.15) is 0 Å². The first-order valence-electron chi connectivity index (χ1n) is 6.30. The average molecular weight is 266 g/mol. The fraction of sp³-hybridized carbons (Fsp3) is 0.583. The second kappa shape index (κ2) is 4.72. The van der Waals surface area contributed by atoms with E-state index in [0.29, 0.717) is 11.9 Å². The van der Waals surface area contributed by atoms with Crippen molar-refractivity contribution in [2.75, 3.05) is 17.3 Å². The van der Waals surface area contributed by atoms with E-state index < -0.39 is 0 Å². The van der Waals surface area contributed by atoms with E-state index in [-0.39, 0.29) is 0 Å². The number of aromatic nitrogens is 4. The molecule has 0 N–H and O–H groups in total. The van der Waals surface area contributed by atoms with E-state index >= 15 is 0 Å². The standard InChI is InChI=1S/C12H16ClN5/c1-9-15-16-12-11(14-6-8-17(9)12)18-7-2-3-10(18)4-5-13/h6,8,10H,2-5,7H2,1H3. The maximum atomic E-state index is 5.88. The Hall–Kier alpha value is -1.36. The molecule has 0 bridgehead atoms. The highest BCUT2D eigenvalue weighted by molar-refractivity contribution is 6.17. The van der Waals surface area contributed by atoms with E-state index in [1.807, 2.05) is 23.7 Å². The highest BCUT2D eigenvalue weighted by atomic mass is 35.5. The van der Waals surface area contributed by atoms with Gasteiger partial charge in [0.2, 0.25) is 5.65 Å². The van der Waals surface area contributed by atoms with Gasteiger partial charge in [0.1, 0.15) is 5.82 Å². The van der Waals surface area contributed by atoms with Gasteiger partial charge in [-0.3, -0.25) is 4.40 Å². The summed E-state index contributed by atoms with van der Waals surface area (Å²) in [6.07, 6.45) is 7.09. The summed E-state index contributed by atoms with van der Waals surface area (Å²) < 4.78 is 1.98. The lowest BCUT2D eigenvalue weighted by atomic mass is 10.2. The Kier molecular flexibility index (Phi) is 3.07. The smallest absolute Gasteiger partial charge is 0.203 e. The number of rotatable bonds is 3. The van der Waals surface area contributed by atoms with Gasteiger partial charge in [0.25, 0.3) is 0 Å². The summed E-state index contributed by atoms with van der Waals surface area (Å²) in [6.45, 7) is 2.98. The van der Waals surface area contributed by atoms with Crippen molar-refractivity contribution in [2.24, 2.45) is 0 Å². The predicted octanol–water partition coefficient (Wildman–Crippen LogP) is 2.03. The first-order valence-corrected chi connectivity index (χ1v) is 6.83. The van der Waals surface area contributed by atoms with Crippen LogP contribution in [-0.2, 0) is 0 Å². The molecule has 1 fully saturated rings. The number of hydrogen-bond donors (Lipinski definition) is 0. The Morgan fingerprint density at radius 2 is 2.33 bits per heavy atom. The monoisotopic (exact) mass is 265 g/mol. The maximum absolute atomic E-state index is 5.88. The molecule has 3 heterocycles. The highest BCUT2D eigenvalue weighted by Crippen LogP contribution is 2.28. The van der Waals surface area contributed by atoms with Crippen molar-refractivity contribution in [1.82, 2.24) is 19.6 Å². The molecule has 1 aliphatic rings. The van der Waals surface area contributed by atoms with Crippen LogP contribution in [0.1, 0.15) is 25.1 Å². The lowest BCUT2D eigenvalue weighted by Crippen LogP contribution is -2.30. The van der Waals surface area contributed by atoms with Crippen LogP contribution in [0.3, 0.4) is 0 Å². The Morgan fingerprint density at radius 3 is 3.17 bits per heavy atom. The van der Waals surface area contributed by atoms with Crippen LogP contribution in [0, 0.1) is 6.92 Å². The molecule has 1 unspecified atom stereocenters. The van der Waals surface area contributed by atoms with Gasteiger partial charge in [-0.25, -0.2) is 4.98 Å². The zero-order chi connectivity index (χ0) is 12.5. The topological polar surface area (TPSA) is 46.3 Å². The zero-order valence-electron chi connectivity index (χ0n) is 10.4. The van der Waals surface area contributed by atoms with Crippen molar-refractivity contribution in [3.63, 3.8) is 0 Å². The minimum absolute atomic E-state index is 0.484. The van der Waals surface area contributed by atoms with E-state index in [0.717, 1.165) is 30.3 Å². The summed E-state index contributed by atoms with van der Waals surface area (Å²) in [5.41, 5.74) is 0.844. The summed E-state index contributed by atoms with van der Waals surface area (Å²) in [5.74, 6) is 2.52. The molecule has 2 aromatic rings. The molecule has 0 aliphatic carbocycles. The molecule has 0 spiro atoms. The maximum Gasteiger partial charge on any atom is 0.203 e.